The van der Waals surface area contributed by atoms with Crippen LogP contribution in [-0.4, -0.2) is 40.9 Å². The average Bonchev–Trinajstić information content (AvgIpc) is 2.76. The van der Waals surface area contributed by atoms with Gasteiger partial charge < -0.3 is 20.5 Å². The third kappa shape index (κ3) is 5.45. The number of nitriles is 1. The van der Waals surface area contributed by atoms with Gasteiger partial charge in [-0.1, -0.05) is 32.9 Å². The fourth-order valence-electron chi connectivity index (χ4n) is 4.35. The van der Waals surface area contributed by atoms with Crippen LogP contribution in [0.1, 0.15) is 56.7 Å². The molecule has 7 heteroatoms. The molecule has 1 saturated carbocycles. The standard InChI is InChI=1S/C24H33N5O2/c1-5-19-16(7-6-8-20(19)31-4)11-12-26-23-27-15-17(14-25)22(29-23)28-18-9-10-21(30)24(2,3)13-18/h6-8,15,18,21,30H,5,9-13H2,1-4H3,(H2,26,27,28,29)/t18-,21+/m1/s1. The summed E-state index contributed by atoms with van der Waals surface area (Å²) < 4.78 is 5.48. The number of nitrogens with one attached hydrogen (secondary N) is 2. The molecular weight excluding hydrogens is 390 g/mol. The van der Waals surface area contributed by atoms with Gasteiger partial charge in [-0.25, -0.2) is 4.98 Å². The van der Waals surface area contributed by atoms with Crippen LogP contribution < -0.4 is 15.4 Å². The molecule has 3 rings (SSSR count). The summed E-state index contributed by atoms with van der Waals surface area (Å²) in [5.41, 5.74) is 2.72. The predicted octanol–water partition coefficient (Wildman–Crippen LogP) is 3.93. The summed E-state index contributed by atoms with van der Waals surface area (Å²) in [6.07, 6.45) is 5.40. The number of benzene rings is 1. The summed E-state index contributed by atoms with van der Waals surface area (Å²) in [5, 5.41) is 26.4. The number of hydrogen-bond donors (Lipinski definition) is 3. The normalized spacial score (nSPS) is 20.0. The van der Waals surface area contributed by atoms with Crippen LogP contribution in [0.25, 0.3) is 0 Å². The lowest BCUT2D eigenvalue weighted by atomic mass is 9.73. The summed E-state index contributed by atoms with van der Waals surface area (Å²) in [4.78, 5) is 8.87. The zero-order chi connectivity index (χ0) is 22.4. The molecule has 1 aliphatic carbocycles. The van der Waals surface area contributed by atoms with Crippen molar-refractivity contribution < 1.29 is 9.84 Å². The number of anilines is 2. The van der Waals surface area contributed by atoms with Crippen LogP contribution in [0.15, 0.2) is 24.4 Å². The highest BCUT2D eigenvalue weighted by atomic mass is 16.5. The third-order valence-corrected chi connectivity index (χ3v) is 6.19. The summed E-state index contributed by atoms with van der Waals surface area (Å²) >= 11 is 0. The fraction of sp³-hybridized carbons (Fsp3) is 0.542. The molecule has 1 aromatic carbocycles. The molecular formula is C24H33N5O2. The second-order valence-electron chi connectivity index (χ2n) is 8.82. The van der Waals surface area contributed by atoms with Gasteiger partial charge in [-0.05, 0) is 54.7 Å². The first-order valence-corrected chi connectivity index (χ1v) is 11.0. The van der Waals surface area contributed by atoms with E-state index in [4.69, 9.17) is 4.74 Å². The molecule has 0 amide bonds. The molecule has 0 bridgehead atoms. The summed E-state index contributed by atoms with van der Waals surface area (Å²) in [6.45, 7) is 6.95. The Bertz CT molecular complexity index is 938. The Balaban J connectivity index is 1.67. The molecule has 1 fully saturated rings. The Kier molecular flexibility index (Phi) is 7.34. The van der Waals surface area contributed by atoms with Gasteiger partial charge in [0, 0.05) is 12.6 Å². The van der Waals surface area contributed by atoms with Crippen LogP contribution in [-0.2, 0) is 12.8 Å². The molecule has 3 N–H and O–H groups in total. The molecule has 1 aliphatic rings. The van der Waals surface area contributed by atoms with Crippen molar-refractivity contribution in [3.05, 3.63) is 41.1 Å². The summed E-state index contributed by atoms with van der Waals surface area (Å²) in [5.74, 6) is 1.96. The second-order valence-corrected chi connectivity index (χ2v) is 8.82. The molecule has 2 aromatic rings. The molecule has 0 radical (unpaired) electrons. The smallest absolute Gasteiger partial charge is 0.224 e. The van der Waals surface area contributed by atoms with Gasteiger partial charge in [-0.15, -0.1) is 0 Å². The Morgan fingerprint density at radius 1 is 1.32 bits per heavy atom. The maximum Gasteiger partial charge on any atom is 0.224 e. The third-order valence-electron chi connectivity index (χ3n) is 6.19. The number of hydrogen-bond acceptors (Lipinski definition) is 7. The molecule has 31 heavy (non-hydrogen) atoms. The molecule has 1 heterocycles. The van der Waals surface area contributed by atoms with E-state index in [1.807, 2.05) is 12.1 Å². The lowest BCUT2D eigenvalue weighted by molar-refractivity contribution is 0.00926. The van der Waals surface area contributed by atoms with Gasteiger partial charge in [0.05, 0.1) is 19.4 Å². The predicted molar refractivity (Wildman–Crippen MR) is 122 cm³/mol. The number of aliphatic hydroxyl groups excluding tert-OH is 1. The highest BCUT2D eigenvalue weighted by Crippen LogP contribution is 2.37. The monoisotopic (exact) mass is 423 g/mol. The van der Waals surface area contributed by atoms with E-state index in [-0.39, 0.29) is 17.6 Å². The Labute approximate surface area is 184 Å². The maximum atomic E-state index is 10.2. The number of methoxy groups -OCH3 is 1. The average molecular weight is 424 g/mol. The molecule has 0 saturated heterocycles. The van der Waals surface area contributed by atoms with Crippen molar-refractivity contribution in [2.24, 2.45) is 5.41 Å². The van der Waals surface area contributed by atoms with Gasteiger partial charge in [0.15, 0.2) is 0 Å². The molecule has 0 unspecified atom stereocenters. The number of nitrogens with zero attached hydrogens (tertiary/aromatic N) is 3. The van der Waals surface area contributed by atoms with Crippen molar-refractivity contribution in [3.63, 3.8) is 0 Å². The fourth-order valence-corrected chi connectivity index (χ4v) is 4.35. The van der Waals surface area contributed by atoms with Crippen LogP contribution in [0.4, 0.5) is 11.8 Å². The zero-order valence-corrected chi connectivity index (χ0v) is 18.9. The van der Waals surface area contributed by atoms with Crippen LogP contribution in [0.3, 0.4) is 0 Å². The molecule has 0 spiro atoms. The van der Waals surface area contributed by atoms with E-state index in [0.29, 0.717) is 23.9 Å². The molecule has 0 aliphatic heterocycles. The van der Waals surface area contributed by atoms with Crippen LogP contribution >= 0.6 is 0 Å². The summed E-state index contributed by atoms with van der Waals surface area (Å²) in [7, 11) is 1.70. The van der Waals surface area contributed by atoms with E-state index in [1.54, 1.807) is 13.3 Å². The first kappa shape index (κ1) is 22.8. The lowest BCUT2D eigenvalue weighted by Crippen LogP contribution is -2.41. The minimum atomic E-state index is -0.298. The minimum absolute atomic E-state index is 0.162. The summed E-state index contributed by atoms with van der Waals surface area (Å²) in [6, 6.07) is 8.46. The van der Waals surface area contributed by atoms with Crippen molar-refractivity contribution in [1.29, 1.82) is 5.26 Å². The quantitative estimate of drug-likeness (QED) is 0.591. The van der Waals surface area contributed by atoms with Crippen LogP contribution in [0, 0.1) is 16.7 Å². The number of rotatable bonds is 8. The molecule has 1 aromatic heterocycles. The zero-order valence-electron chi connectivity index (χ0n) is 18.9. The van der Waals surface area contributed by atoms with E-state index >= 15 is 0 Å². The number of aromatic nitrogens is 2. The Hall–Kier alpha value is -2.85. The number of ether oxygens (including phenoxy) is 1. The Morgan fingerprint density at radius 2 is 2.13 bits per heavy atom. The van der Waals surface area contributed by atoms with E-state index in [1.165, 1.54) is 11.1 Å². The van der Waals surface area contributed by atoms with Crippen LogP contribution in [0.5, 0.6) is 5.75 Å². The van der Waals surface area contributed by atoms with E-state index < -0.39 is 0 Å². The van der Waals surface area contributed by atoms with E-state index in [0.717, 1.165) is 37.9 Å². The van der Waals surface area contributed by atoms with Crippen molar-refractivity contribution >= 4 is 11.8 Å². The molecule has 166 valence electrons. The van der Waals surface area contributed by atoms with Gasteiger partial charge >= 0.3 is 0 Å². The van der Waals surface area contributed by atoms with E-state index in [2.05, 4.69) is 53.5 Å². The highest BCUT2D eigenvalue weighted by molar-refractivity contribution is 5.54. The van der Waals surface area contributed by atoms with E-state index in [9.17, 15) is 10.4 Å². The first-order chi connectivity index (χ1) is 14.9. The van der Waals surface area contributed by atoms with Gasteiger partial charge in [0.1, 0.15) is 23.2 Å². The highest BCUT2D eigenvalue weighted by Gasteiger charge is 2.35. The van der Waals surface area contributed by atoms with Crippen molar-refractivity contribution in [1.82, 2.24) is 9.97 Å². The second kappa shape index (κ2) is 9.97. The molecule has 2 atom stereocenters. The molecule has 7 nitrogen and oxygen atoms in total. The minimum Gasteiger partial charge on any atom is -0.496 e. The van der Waals surface area contributed by atoms with Gasteiger partial charge in [-0.2, -0.15) is 10.2 Å². The van der Waals surface area contributed by atoms with Gasteiger partial charge in [0.2, 0.25) is 5.95 Å². The van der Waals surface area contributed by atoms with Gasteiger partial charge in [0.25, 0.3) is 0 Å². The lowest BCUT2D eigenvalue weighted by Gasteiger charge is -2.40. The van der Waals surface area contributed by atoms with Crippen molar-refractivity contribution in [2.45, 2.75) is 65.0 Å². The van der Waals surface area contributed by atoms with Crippen molar-refractivity contribution in [3.8, 4) is 11.8 Å². The maximum absolute atomic E-state index is 10.2. The first-order valence-electron chi connectivity index (χ1n) is 11.0. The largest absolute Gasteiger partial charge is 0.496 e. The van der Waals surface area contributed by atoms with Crippen LogP contribution in [0.2, 0.25) is 0 Å². The van der Waals surface area contributed by atoms with Gasteiger partial charge in [-0.3, -0.25) is 0 Å². The van der Waals surface area contributed by atoms with Crippen molar-refractivity contribution in [2.75, 3.05) is 24.3 Å². The Morgan fingerprint density at radius 3 is 2.81 bits per heavy atom. The number of aliphatic hydroxyl groups is 1. The SMILES string of the molecule is CCc1c(CCNc2ncc(C#N)c(N[C@@H]3CC[C@H](O)C(C)(C)C3)n2)cccc1OC. The topological polar surface area (TPSA) is 103 Å².